The first kappa shape index (κ1) is 21.1. The van der Waals surface area contributed by atoms with Crippen LogP contribution < -0.4 is 5.32 Å². The topological polar surface area (TPSA) is 84.2 Å². The molecule has 168 valence electrons. The number of piperidine rings is 1. The molecule has 1 N–H and O–H groups in total. The van der Waals surface area contributed by atoms with E-state index in [1.165, 1.54) is 55.8 Å². The van der Waals surface area contributed by atoms with E-state index in [0.717, 1.165) is 53.4 Å². The first-order valence-corrected chi connectivity index (χ1v) is 12.6. The van der Waals surface area contributed by atoms with Crippen LogP contribution in [0.3, 0.4) is 0 Å². The zero-order valence-corrected chi connectivity index (χ0v) is 19.4. The first-order chi connectivity index (χ1) is 15.0. The first-order valence-electron chi connectivity index (χ1n) is 11.8. The van der Waals surface area contributed by atoms with E-state index in [4.69, 9.17) is 4.52 Å². The third kappa shape index (κ3) is 4.55. The molecule has 7 nitrogen and oxygen atoms in total. The van der Waals surface area contributed by atoms with Gasteiger partial charge in [0, 0.05) is 37.0 Å². The molecule has 2 aromatic heterocycles. The molecule has 0 aromatic carbocycles. The molecule has 3 heterocycles. The van der Waals surface area contributed by atoms with E-state index in [1.807, 2.05) is 6.92 Å². The van der Waals surface area contributed by atoms with Crippen molar-refractivity contribution in [3.8, 4) is 0 Å². The highest BCUT2D eigenvalue weighted by atomic mass is 32.1. The maximum absolute atomic E-state index is 12.3. The quantitative estimate of drug-likeness (QED) is 0.674. The number of amides is 1. The van der Waals surface area contributed by atoms with Gasteiger partial charge in [0.15, 0.2) is 0 Å². The van der Waals surface area contributed by atoms with Gasteiger partial charge < -0.3 is 14.7 Å². The van der Waals surface area contributed by atoms with Crippen molar-refractivity contribution in [3.05, 3.63) is 27.5 Å². The van der Waals surface area contributed by atoms with Gasteiger partial charge in [0.25, 0.3) is 0 Å². The Labute approximate surface area is 188 Å². The predicted molar refractivity (Wildman–Crippen MR) is 119 cm³/mol. The number of carbonyl (C=O) groups is 1. The molecule has 31 heavy (non-hydrogen) atoms. The Morgan fingerprint density at radius 2 is 2.16 bits per heavy atom. The van der Waals surface area contributed by atoms with Crippen LogP contribution in [0.15, 0.2) is 10.6 Å². The number of nitrogens with one attached hydrogen (secondary N) is 1. The smallest absolute Gasteiger partial charge is 0.227 e. The van der Waals surface area contributed by atoms with Crippen molar-refractivity contribution in [1.82, 2.24) is 25.6 Å². The molecule has 2 aromatic rings. The van der Waals surface area contributed by atoms with Gasteiger partial charge in [-0.05, 0) is 63.8 Å². The Bertz CT molecular complexity index is 919. The summed E-state index contributed by atoms with van der Waals surface area (Å²) in [6.07, 6.45) is 8.45. The molecule has 0 radical (unpaired) electrons. The molecule has 2 atom stereocenters. The van der Waals surface area contributed by atoms with Gasteiger partial charge >= 0.3 is 0 Å². The van der Waals surface area contributed by atoms with Crippen LogP contribution in [-0.4, -0.2) is 51.8 Å². The van der Waals surface area contributed by atoms with Crippen LogP contribution >= 0.6 is 11.3 Å². The molecule has 8 heteroatoms. The molecule has 0 bridgehead atoms. The number of carbonyl (C=O) groups excluding carboxylic acids is 1. The molecule has 3 fully saturated rings. The number of fused-ring (bicyclic) bond motifs is 1. The molecule has 2 saturated carbocycles. The van der Waals surface area contributed by atoms with Gasteiger partial charge in [-0.25, -0.2) is 0 Å². The van der Waals surface area contributed by atoms with E-state index in [1.54, 1.807) is 0 Å². The summed E-state index contributed by atoms with van der Waals surface area (Å²) >= 11 is 1.50. The van der Waals surface area contributed by atoms with Crippen molar-refractivity contribution in [2.75, 3.05) is 19.6 Å². The minimum Gasteiger partial charge on any atom is -0.361 e. The van der Waals surface area contributed by atoms with Crippen LogP contribution in [0.1, 0.15) is 66.9 Å². The number of nitrogens with zero attached hydrogens (tertiary/aromatic N) is 4. The van der Waals surface area contributed by atoms with E-state index < -0.39 is 0 Å². The van der Waals surface area contributed by atoms with Crippen LogP contribution in [0.2, 0.25) is 0 Å². The second-order valence-corrected chi connectivity index (χ2v) is 11.1. The average molecular weight is 444 g/mol. The Balaban J connectivity index is 1.02. The number of hydrogen-bond acceptors (Lipinski definition) is 7. The largest absolute Gasteiger partial charge is 0.361 e. The van der Waals surface area contributed by atoms with Gasteiger partial charge in [0.05, 0.1) is 12.1 Å². The lowest BCUT2D eigenvalue weighted by Gasteiger charge is -2.30. The van der Waals surface area contributed by atoms with E-state index >= 15 is 0 Å². The zero-order chi connectivity index (χ0) is 21.4. The van der Waals surface area contributed by atoms with Crippen molar-refractivity contribution < 1.29 is 9.32 Å². The normalized spacial score (nSPS) is 30.3. The molecule has 2 aliphatic carbocycles. The SMILES string of the molecule is CCc1cc([C@]23C[C@H]2CN(CC[C@H]2CC[C@H](NC(=O)Cc4nnc(C)s4)CC2)C3)no1. The van der Waals surface area contributed by atoms with Crippen molar-refractivity contribution in [3.63, 3.8) is 0 Å². The van der Waals surface area contributed by atoms with Gasteiger partial charge in [0.2, 0.25) is 5.91 Å². The molecule has 1 saturated heterocycles. The van der Waals surface area contributed by atoms with Gasteiger partial charge in [-0.3, -0.25) is 4.79 Å². The Hall–Kier alpha value is -1.80. The van der Waals surface area contributed by atoms with Gasteiger partial charge in [-0.2, -0.15) is 0 Å². The summed E-state index contributed by atoms with van der Waals surface area (Å²) in [6.45, 7) is 7.58. The zero-order valence-electron chi connectivity index (χ0n) is 18.6. The van der Waals surface area contributed by atoms with E-state index in [0.29, 0.717) is 12.5 Å². The van der Waals surface area contributed by atoms with Crippen molar-refractivity contribution in [1.29, 1.82) is 0 Å². The van der Waals surface area contributed by atoms with Gasteiger partial charge in [-0.15, -0.1) is 21.5 Å². The Morgan fingerprint density at radius 3 is 2.87 bits per heavy atom. The van der Waals surface area contributed by atoms with E-state index in [-0.39, 0.29) is 11.3 Å². The molecule has 0 spiro atoms. The van der Waals surface area contributed by atoms with E-state index in [2.05, 4.69) is 38.6 Å². The summed E-state index contributed by atoms with van der Waals surface area (Å²) in [7, 11) is 0. The highest BCUT2D eigenvalue weighted by Crippen LogP contribution is 2.58. The number of aromatic nitrogens is 3. The minimum atomic E-state index is 0.0836. The molecule has 1 amide bonds. The summed E-state index contributed by atoms with van der Waals surface area (Å²) in [6, 6.07) is 2.51. The molecular formula is C23H33N5O2S. The van der Waals surface area contributed by atoms with Crippen LogP contribution in [-0.2, 0) is 23.1 Å². The summed E-state index contributed by atoms with van der Waals surface area (Å²) < 4.78 is 5.48. The van der Waals surface area contributed by atoms with Crippen LogP contribution in [0.5, 0.6) is 0 Å². The second kappa shape index (κ2) is 8.62. The number of hydrogen-bond donors (Lipinski definition) is 1. The highest BCUT2D eigenvalue weighted by Gasteiger charge is 2.62. The summed E-state index contributed by atoms with van der Waals surface area (Å²) in [4.78, 5) is 14.9. The summed E-state index contributed by atoms with van der Waals surface area (Å²) in [5, 5.41) is 17.4. The van der Waals surface area contributed by atoms with Gasteiger partial charge in [-0.1, -0.05) is 12.1 Å². The Morgan fingerprint density at radius 1 is 1.32 bits per heavy atom. The van der Waals surface area contributed by atoms with E-state index in [9.17, 15) is 4.79 Å². The third-order valence-electron chi connectivity index (χ3n) is 7.58. The van der Waals surface area contributed by atoms with Crippen LogP contribution in [0.25, 0.3) is 0 Å². The molecule has 3 aliphatic rings. The molecular weight excluding hydrogens is 410 g/mol. The highest BCUT2D eigenvalue weighted by molar-refractivity contribution is 7.11. The van der Waals surface area contributed by atoms with Crippen molar-refractivity contribution in [2.45, 2.75) is 76.7 Å². The molecule has 1 aliphatic heterocycles. The number of rotatable bonds is 8. The standard InChI is InChI=1S/C23H33N5O2S/c1-3-19-10-20(27-30-19)23-12-17(23)13-28(14-23)9-8-16-4-6-18(7-5-16)24-21(29)11-22-26-25-15(2)31-22/h10,16-18H,3-9,11-14H2,1-2H3,(H,24,29)/t16-,17-,18-,23-/m0/s1. The van der Waals surface area contributed by atoms with Gasteiger partial charge in [0.1, 0.15) is 15.8 Å². The average Bonchev–Trinajstić information content (AvgIpc) is 3.17. The number of aryl methyl sites for hydroxylation is 2. The Kier molecular flexibility index (Phi) is 5.86. The fraction of sp³-hybridized carbons (Fsp3) is 0.739. The second-order valence-electron chi connectivity index (χ2n) is 9.79. The maximum atomic E-state index is 12.3. The van der Waals surface area contributed by atoms with Crippen LogP contribution in [0.4, 0.5) is 0 Å². The lowest BCUT2D eigenvalue weighted by molar-refractivity contribution is -0.121. The predicted octanol–water partition coefficient (Wildman–Crippen LogP) is 3.28. The lowest BCUT2D eigenvalue weighted by atomic mass is 9.84. The minimum absolute atomic E-state index is 0.0836. The molecule has 0 unspecified atom stereocenters. The summed E-state index contributed by atoms with van der Waals surface area (Å²) in [5.41, 5.74) is 1.47. The van der Waals surface area contributed by atoms with Crippen LogP contribution in [0, 0.1) is 18.8 Å². The summed E-state index contributed by atoms with van der Waals surface area (Å²) in [5.74, 6) is 2.65. The molecule has 5 rings (SSSR count). The third-order valence-corrected chi connectivity index (χ3v) is 8.42. The van der Waals surface area contributed by atoms with Crippen molar-refractivity contribution >= 4 is 17.2 Å². The lowest BCUT2D eigenvalue weighted by Crippen LogP contribution is -2.39. The fourth-order valence-electron chi connectivity index (χ4n) is 5.65. The fourth-order valence-corrected chi connectivity index (χ4v) is 6.36. The monoisotopic (exact) mass is 443 g/mol. The van der Waals surface area contributed by atoms with Crippen molar-refractivity contribution in [2.24, 2.45) is 11.8 Å². The number of likely N-dealkylation sites (tertiary alicyclic amines) is 1. The maximum Gasteiger partial charge on any atom is 0.227 e.